The number of halogens is 3. The molecule has 1 heterocycles. The molecule has 0 fully saturated rings. The van der Waals surface area contributed by atoms with Crippen LogP contribution >= 0.6 is 0 Å². The van der Waals surface area contributed by atoms with E-state index in [-0.39, 0.29) is 24.7 Å². The fourth-order valence-electron chi connectivity index (χ4n) is 1.97. The van der Waals surface area contributed by atoms with E-state index in [2.05, 4.69) is 10.3 Å². The molecule has 8 heteroatoms. The summed E-state index contributed by atoms with van der Waals surface area (Å²) in [5.74, 6) is -0.485. The molecule has 5 nitrogen and oxygen atoms in total. The summed E-state index contributed by atoms with van der Waals surface area (Å²) in [4.78, 5) is 16.1. The van der Waals surface area contributed by atoms with E-state index in [9.17, 15) is 18.0 Å². The number of nitrogens with one attached hydrogen (secondary N) is 1. The summed E-state index contributed by atoms with van der Waals surface area (Å²) < 4.78 is 49.0. The first-order valence-corrected chi connectivity index (χ1v) is 7.63. The van der Waals surface area contributed by atoms with Gasteiger partial charge in [-0.25, -0.2) is 0 Å². The van der Waals surface area contributed by atoms with Gasteiger partial charge < -0.3 is 14.8 Å². The molecule has 26 heavy (non-hydrogen) atoms. The van der Waals surface area contributed by atoms with Crippen molar-refractivity contribution >= 4 is 17.7 Å². The number of benzene rings is 1. The van der Waals surface area contributed by atoms with Crippen molar-refractivity contribution in [3.63, 3.8) is 0 Å². The van der Waals surface area contributed by atoms with Crippen LogP contribution in [0.4, 0.5) is 18.9 Å². The average Bonchev–Trinajstić information content (AvgIpc) is 2.61. The predicted molar refractivity (Wildman–Crippen MR) is 90.7 cm³/mol. The van der Waals surface area contributed by atoms with E-state index in [1.54, 1.807) is 24.4 Å². The topological polar surface area (TPSA) is 60.5 Å². The molecule has 0 atom stereocenters. The SMILES string of the molecule is COCCOc1ccc(C(F)(F)F)cc1NC(=O)/C=C/c1ccccn1. The van der Waals surface area contributed by atoms with Gasteiger partial charge in [0.2, 0.25) is 5.91 Å². The molecule has 138 valence electrons. The van der Waals surface area contributed by atoms with Crippen molar-refractivity contribution in [1.82, 2.24) is 4.98 Å². The number of rotatable bonds is 7. The zero-order valence-electron chi connectivity index (χ0n) is 13.9. The van der Waals surface area contributed by atoms with Crippen molar-refractivity contribution in [2.75, 3.05) is 25.6 Å². The van der Waals surface area contributed by atoms with Gasteiger partial charge >= 0.3 is 6.18 Å². The maximum absolute atomic E-state index is 12.9. The predicted octanol–water partition coefficient (Wildman–Crippen LogP) is 3.78. The van der Waals surface area contributed by atoms with E-state index in [1.165, 1.54) is 19.3 Å². The Morgan fingerprint density at radius 3 is 2.69 bits per heavy atom. The molecule has 1 amide bonds. The highest BCUT2D eigenvalue weighted by atomic mass is 19.4. The van der Waals surface area contributed by atoms with Crippen molar-refractivity contribution in [1.29, 1.82) is 0 Å². The summed E-state index contributed by atoms with van der Waals surface area (Å²) >= 11 is 0. The van der Waals surface area contributed by atoms with Gasteiger partial charge in [0.1, 0.15) is 12.4 Å². The zero-order chi connectivity index (χ0) is 19.0. The number of hydrogen-bond acceptors (Lipinski definition) is 4. The summed E-state index contributed by atoms with van der Waals surface area (Å²) in [6.07, 6.45) is -0.337. The van der Waals surface area contributed by atoms with Crippen LogP contribution in [-0.4, -0.2) is 31.2 Å². The first-order valence-electron chi connectivity index (χ1n) is 7.63. The van der Waals surface area contributed by atoms with Gasteiger partial charge in [-0.05, 0) is 36.4 Å². The molecule has 1 aromatic heterocycles. The second-order valence-corrected chi connectivity index (χ2v) is 5.13. The molecule has 1 N–H and O–H groups in total. The molecule has 0 aliphatic heterocycles. The minimum atomic E-state index is -4.53. The summed E-state index contributed by atoms with van der Waals surface area (Å²) in [7, 11) is 1.47. The lowest BCUT2D eigenvalue weighted by atomic mass is 10.1. The lowest BCUT2D eigenvalue weighted by molar-refractivity contribution is -0.137. The molecule has 0 spiro atoms. The number of ether oxygens (including phenoxy) is 2. The standard InChI is InChI=1S/C18H17F3N2O3/c1-25-10-11-26-16-7-5-13(18(19,20)21)12-15(16)23-17(24)8-6-14-4-2-3-9-22-14/h2-9,12H,10-11H2,1H3,(H,23,24)/b8-6+. The average molecular weight is 366 g/mol. The van der Waals surface area contributed by atoms with Crippen LogP contribution in [0.3, 0.4) is 0 Å². The van der Waals surface area contributed by atoms with Gasteiger partial charge in [0.25, 0.3) is 0 Å². The van der Waals surface area contributed by atoms with Gasteiger partial charge in [-0.1, -0.05) is 6.07 Å². The fourth-order valence-corrected chi connectivity index (χ4v) is 1.97. The Labute approximate surface area is 148 Å². The Balaban J connectivity index is 2.18. The molecule has 0 radical (unpaired) electrons. The van der Waals surface area contributed by atoms with Gasteiger partial charge in [0.15, 0.2) is 0 Å². The van der Waals surface area contributed by atoms with Gasteiger partial charge in [-0.15, -0.1) is 0 Å². The quantitative estimate of drug-likeness (QED) is 0.599. The molecule has 0 bridgehead atoms. The molecule has 0 saturated heterocycles. The van der Waals surface area contributed by atoms with Crippen LogP contribution in [0.1, 0.15) is 11.3 Å². The third kappa shape index (κ3) is 5.89. The van der Waals surface area contributed by atoms with Crippen molar-refractivity contribution in [3.8, 4) is 5.75 Å². The number of anilines is 1. The number of nitrogens with zero attached hydrogens (tertiary/aromatic N) is 1. The largest absolute Gasteiger partial charge is 0.489 e. The monoisotopic (exact) mass is 366 g/mol. The first kappa shape index (κ1) is 19.5. The van der Waals surface area contributed by atoms with Gasteiger partial charge in [0.05, 0.1) is 23.6 Å². The number of carbonyl (C=O) groups is 1. The highest BCUT2D eigenvalue weighted by molar-refractivity contribution is 6.02. The number of alkyl halides is 3. The van der Waals surface area contributed by atoms with E-state index in [0.29, 0.717) is 5.69 Å². The zero-order valence-corrected chi connectivity index (χ0v) is 13.9. The Bertz CT molecular complexity index is 762. The minimum Gasteiger partial charge on any atom is -0.489 e. The molecular formula is C18H17F3N2O3. The lowest BCUT2D eigenvalue weighted by Crippen LogP contribution is -2.13. The minimum absolute atomic E-state index is 0.0772. The normalized spacial score (nSPS) is 11.5. The summed E-state index contributed by atoms with van der Waals surface area (Å²) in [5.41, 5.74) is -0.421. The summed E-state index contributed by atoms with van der Waals surface area (Å²) in [5, 5.41) is 2.40. The second kappa shape index (κ2) is 9.00. The molecular weight excluding hydrogens is 349 g/mol. The molecule has 2 rings (SSSR count). The Morgan fingerprint density at radius 1 is 1.23 bits per heavy atom. The Morgan fingerprint density at radius 2 is 2.04 bits per heavy atom. The summed E-state index contributed by atoms with van der Waals surface area (Å²) in [6.45, 7) is 0.391. The van der Waals surface area contributed by atoms with Crippen LogP contribution in [0.15, 0.2) is 48.7 Å². The molecule has 0 saturated carbocycles. The number of hydrogen-bond donors (Lipinski definition) is 1. The second-order valence-electron chi connectivity index (χ2n) is 5.13. The highest BCUT2D eigenvalue weighted by Gasteiger charge is 2.31. The lowest BCUT2D eigenvalue weighted by Gasteiger charge is -2.14. The maximum Gasteiger partial charge on any atom is 0.416 e. The molecule has 0 aliphatic carbocycles. The van der Waals surface area contributed by atoms with Crippen LogP contribution in [0.2, 0.25) is 0 Å². The maximum atomic E-state index is 12.9. The molecule has 2 aromatic rings. The third-order valence-electron chi connectivity index (χ3n) is 3.20. The number of methoxy groups -OCH3 is 1. The van der Waals surface area contributed by atoms with Gasteiger partial charge in [-0.2, -0.15) is 13.2 Å². The van der Waals surface area contributed by atoms with Crippen molar-refractivity contribution < 1.29 is 27.4 Å². The molecule has 0 aliphatic rings. The first-order chi connectivity index (χ1) is 12.4. The van der Waals surface area contributed by atoms with Gasteiger partial charge in [-0.3, -0.25) is 9.78 Å². The van der Waals surface area contributed by atoms with Crippen LogP contribution < -0.4 is 10.1 Å². The number of amides is 1. The highest BCUT2D eigenvalue weighted by Crippen LogP contribution is 2.35. The third-order valence-corrected chi connectivity index (χ3v) is 3.20. The van der Waals surface area contributed by atoms with Crippen LogP contribution in [0.5, 0.6) is 5.75 Å². The van der Waals surface area contributed by atoms with E-state index >= 15 is 0 Å². The Kier molecular flexibility index (Phi) is 6.74. The van der Waals surface area contributed by atoms with E-state index in [0.717, 1.165) is 18.2 Å². The smallest absolute Gasteiger partial charge is 0.416 e. The van der Waals surface area contributed by atoms with Crippen LogP contribution in [0.25, 0.3) is 6.08 Å². The number of pyridine rings is 1. The fraction of sp³-hybridized carbons (Fsp3) is 0.222. The van der Waals surface area contributed by atoms with E-state index in [1.807, 2.05) is 0 Å². The van der Waals surface area contributed by atoms with E-state index in [4.69, 9.17) is 9.47 Å². The molecule has 0 unspecified atom stereocenters. The Hall–Kier alpha value is -2.87. The van der Waals surface area contributed by atoms with Gasteiger partial charge in [0, 0.05) is 19.4 Å². The number of aromatic nitrogens is 1. The number of carbonyl (C=O) groups excluding carboxylic acids is 1. The summed E-state index contributed by atoms with van der Waals surface area (Å²) in [6, 6.07) is 8.04. The van der Waals surface area contributed by atoms with Crippen molar-refractivity contribution in [3.05, 3.63) is 59.9 Å². The van der Waals surface area contributed by atoms with Crippen LogP contribution in [0, 0.1) is 0 Å². The molecule has 1 aromatic carbocycles. The van der Waals surface area contributed by atoms with E-state index < -0.39 is 17.6 Å². The van der Waals surface area contributed by atoms with Crippen molar-refractivity contribution in [2.24, 2.45) is 0 Å². The van der Waals surface area contributed by atoms with Crippen molar-refractivity contribution in [2.45, 2.75) is 6.18 Å². The van der Waals surface area contributed by atoms with Crippen LogP contribution in [-0.2, 0) is 15.7 Å².